The van der Waals surface area contributed by atoms with Crippen molar-refractivity contribution >= 4 is 35.3 Å². The number of rotatable bonds is 10. The van der Waals surface area contributed by atoms with Gasteiger partial charge in [0.05, 0.1) is 19.6 Å². The fourth-order valence-electron chi connectivity index (χ4n) is 4.32. The molecular weight excluding hydrogens is 496 g/mol. The number of amides is 4. The molecule has 2 aromatic rings. The molecule has 1 saturated heterocycles. The number of aliphatic carboxylic acids is 1. The Hall–Kier alpha value is -3.46. The minimum Gasteiger partial charge on any atom is -0.496 e. The molecule has 2 atom stereocenters. The van der Waals surface area contributed by atoms with Gasteiger partial charge in [-0.3, -0.25) is 14.6 Å². The van der Waals surface area contributed by atoms with Crippen LogP contribution < -0.4 is 10.1 Å². The Morgan fingerprint density at radius 1 is 1.11 bits per heavy atom. The molecule has 2 N–H and O–H groups in total. The van der Waals surface area contributed by atoms with Crippen LogP contribution in [0.2, 0.25) is 5.02 Å². The minimum atomic E-state index is -1.28. The van der Waals surface area contributed by atoms with E-state index in [1.54, 1.807) is 45.3 Å². The SMILES string of the molecule is COc1cc(NC2(C)N(C)C(=O)N(C[C@H](C)C(=O)O)C(=O)N2Cc2ccc(Cl)cc2)ccc1CC(C)C. The second-order valence-corrected chi connectivity index (χ2v) is 10.4. The number of ether oxygens (including phenoxy) is 1. The minimum absolute atomic E-state index is 0.150. The summed E-state index contributed by atoms with van der Waals surface area (Å²) in [5.41, 5.74) is 2.52. The number of nitrogens with zero attached hydrogens (tertiary/aromatic N) is 3. The largest absolute Gasteiger partial charge is 0.496 e. The van der Waals surface area contributed by atoms with Gasteiger partial charge in [-0.05, 0) is 48.6 Å². The molecule has 3 rings (SSSR count). The van der Waals surface area contributed by atoms with Crippen molar-refractivity contribution in [3.63, 3.8) is 0 Å². The van der Waals surface area contributed by atoms with Crippen LogP contribution in [0.15, 0.2) is 42.5 Å². The molecule has 10 heteroatoms. The zero-order valence-corrected chi connectivity index (χ0v) is 22.9. The number of carbonyl (C=O) groups is 3. The monoisotopic (exact) mass is 530 g/mol. The van der Waals surface area contributed by atoms with Crippen LogP contribution in [-0.2, 0) is 17.8 Å². The number of benzene rings is 2. The van der Waals surface area contributed by atoms with Gasteiger partial charge in [-0.25, -0.2) is 14.5 Å². The number of hydrogen-bond donors (Lipinski definition) is 2. The summed E-state index contributed by atoms with van der Waals surface area (Å²) < 4.78 is 5.62. The number of methoxy groups -OCH3 is 1. The number of imide groups is 1. The second kappa shape index (κ2) is 11.3. The molecule has 1 unspecified atom stereocenters. The van der Waals surface area contributed by atoms with Gasteiger partial charge in [0.1, 0.15) is 5.75 Å². The molecule has 0 radical (unpaired) electrons. The smallest absolute Gasteiger partial charge is 0.331 e. The number of nitrogens with one attached hydrogen (secondary N) is 1. The zero-order valence-electron chi connectivity index (χ0n) is 22.1. The van der Waals surface area contributed by atoms with Gasteiger partial charge in [0, 0.05) is 30.4 Å². The van der Waals surface area contributed by atoms with Crippen molar-refractivity contribution < 1.29 is 24.2 Å². The van der Waals surface area contributed by atoms with E-state index in [0.717, 1.165) is 22.4 Å². The predicted molar refractivity (Wildman–Crippen MR) is 143 cm³/mol. The Morgan fingerprint density at radius 2 is 1.76 bits per heavy atom. The van der Waals surface area contributed by atoms with E-state index in [2.05, 4.69) is 19.2 Å². The van der Waals surface area contributed by atoms with E-state index in [1.807, 2.05) is 18.2 Å². The van der Waals surface area contributed by atoms with Crippen molar-refractivity contribution in [1.29, 1.82) is 0 Å². The summed E-state index contributed by atoms with van der Waals surface area (Å²) in [6, 6.07) is 11.6. The predicted octanol–water partition coefficient (Wildman–Crippen LogP) is 5.34. The van der Waals surface area contributed by atoms with Crippen LogP contribution in [0.4, 0.5) is 15.3 Å². The van der Waals surface area contributed by atoms with Crippen molar-refractivity contribution in [2.45, 2.75) is 46.4 Å². The summed E-state index contributed by atoms with van der Waals surface area (Å²) in [4.78, 5) is 42.5. The van der Waals surface area contributed by atoms with Crippen LogP contribution in [0.5, 0.6) is 5.75 Å². The van der Waals surface area contributed by atoms with Crippen LogP contribution in [0.1, 0.15) is 38.8 Å². The highest BCUT2D eigenvalue weighted by molar-refractivity contribution is 6.30. The molecule has 2 aromatic carbocycles. The molecular formula is C27H35ClN4O5. The Bertz CT molecular complexity index is 1160. The maximum atomic E-state index is 13.7. The number of anilines is 1. The lowest BCUT2D eigenvalue weighted by Crippen LogP contribution is -2.74. The zero-order chi connectivity index (χ0) is 27.5. The van der Waals surface area contributed by atoms with E-state index in [0.29, 0.717) is 22.4 Å². The van der Waals surface area contributed by atoms with Crippen molar-refractivity contribution in [3.05, 3.63) is 58.6 Å². The molecule has 0 spiro atoms. The average molecular weight is 531 g/mol. The Labute approximate surface area is 222 Å². The van der Waals surface area contributed by atoms with Crippen LogP contribution in [0.25, 0.3) is 0 Å². The van der Waals surface area contributed by atoms with Crippen LogP contribution >= 0.6 is 11.6 Å². The first kappa shape index (κ1) is 28.1. The first-order valence-electron chi connectivity index (χ1n) is 12.2. The fraction of sp³-hybridized carbons (Fsp3) is 0.444. The van der Waals surface area contributed by atoms with E-state index in [4.69, 9.17) is 16.3 Å². The number of halogens is 1. The van der Waals surface area contributed by atoms with Crippen LogP contribution in [0.3, 0.4) is 0 Å². The number of hydrogen-bond acceptors (Lipinski definition) is 5. The summed E-state index contributed by atoms with van der Waals surface area (Å²) in [5.74, 6) is -2.14. The highest BCUT2D eigenvalue weighted by Gasteiger charge is 2.51. The van der Waals surface area contributed by atoms with E-state index >= 15 is 0 Å². The topological polar surface area (TPSA) is 102 Å². The van der Waals surface area contributed by atoms with E-state index < -0.39 is 29.7 Å². The van der Waals surface area contributed by atoms with E-state index in [9.17, 15) is 19.5 Å². The maximum absolute atomic E-state index is 13.7. The molecule has 1 aliphatic heterocycles. The Kier molecular flexibility index (Phi) is 8.58. The van der Waals surface area contributed by atoms with Gasteiger partial charge in [-0.15, -0.1) is 0 Å². The summed E-state index contributed by atoms with van der Waals surface area (Å²) in [5, 5.41) is 13.3. The maximum Gasteiger partial charge on any atom is 0.331 e. The van der Waals surface area contributed by atoms with Crippen molar-refractivity contribution in [1.82, 2.24) is 14.7 Å². The molecule has 9 nitrogen and oxygen atoms in total. The van der Waals surface area contributed by atoms with Gasteiger partial charge in [0.2, 0.25) is 0 Å². The Balaban J connectivity index is 2.02. The van der Waals surface area contributed by atoms with Crippen LogP contribution in [-0.4, -0.2) is 64.3 Å². The van der Waals surface area contributed by atoms with E-state index in [-0.39, 0.29) is 13.1 Å². The second-order valence-electron chi connectivity index (χ2n) is 9.96. The highest BCUT2D eigenvalue weighted by Crippen LogP contribution is 2.34. The summed E-state index contributed by atoms with van der Waals surface area (Å²) in [7, 11) is 3.19. The lowest BCUT2D eigenvalue weighted by molar-refractivity contribution is -0.141. The van der Waals surface area contributed by atoms with Gasteiger partial charge in [0.25, 0.3) is 0 Å². The molecule has 0 aliphatic carbocycles. The summed E-state index contributed by atoms with van der Waals surface area (Å²) in [6.45, 7) is 7.37. The fourth-order valence-corrected chi connectivity index (χ4v) is 4.45. The Morgan fingerprint density at radius 3 is 2.32 bits per heavy atom. The molecule has 37 heavy (non-hydrogen) atoms. The lowest BCUT2D eigenvalue weighted by atomic mass is 10.0. The standard InChI is InChI=1S/C27H35ClN4O5/c1-17(2)13-20-9-12-22(14-23(20)37-6)29-27(4)30(5)25(35)31(15-18(3)24(33)34)26(36)32(27)16-19-7-10-21(28)11-8-19/h7-12,14,17-18,29H,13,15-16H2,1-6H3,(H,33,34)/t18-,27?/m0/s1. The molecule has 200 valence electrons. The highest BCUT2D eigenvalue weighted by atomic mass is 35.5. The summed E-state index contributed by atoms with van der Waals surface area (Å²) in [6.07, 6.45) is 0.844. The van der Waals surface area contributed by atoms with E-state index in [1.165, 1.54) is 16.7 Å². The number of carbonyl (C=O) groups excluding carboxylic acids is 2. The third-order valence-corrected chi connectivity index (χ3v) is 6.84. The number of carboxylic acid groups (broad SMARTS) is 1. The van der Waals surface area contributed by atoms with Crippen molar-refractivity contribution in [3.8, 4) is 5.75 Å². The number of urea groups is 2. The first-order valence-corrected chi connectivity index (χ1v) is 12.5. The third kappa shape index (κ3) is 6.10. The van der Waals surface area contributed by atoms with Crippen molar-refractivity contribution in [2.24, 2.45) is 11.8 Å². The van der Waals surface area contributed by atoms with Gasteiger partial charge in [-0.1, -0.05) is 50.6 Å². The first-order chi connectivity index (χ1) is 17.4. The molecule has 1 aliphatic rings. The van der Waals surface area contributed by atoms with Crippen LogP contribution in [0, 0.1) is 11.8 Å². The van der Waals surface area contributed by atoms with Gasteiger partial charge >= 0.3 is 18.0 Å². The molecule has 0 bridgehead atoms. The normalized spacial score (nSPS) is 18.9. The van der Waals surface area contributed by atoms with Gasteiger partial charge in [0.15, 0.2) is 5.79 Å². The summed E-state index contributed by atoms with van der Waals surface area (Å²) >= 11 is 6.05. The average Bonchev–Trinajstić information content (AvgIpc) is 2.85. The molecule has 0 aromatic heterocycles. The molecule has 0 saturated carbocycles. The lowest BCUT2D eigenvalue weighted by Gasteiger charge is -2.53. The van der Waals surface area contributed by atoms with Crippen molar-refractivity contribution in [2.75, 3.05) is 26.0 Å². The molecule has 1 fully saturated rings. The van der Waals surface area contributed by atoms with Gasteiger partial charge in [-0.2, -0.15) is 0 Å². The third-order valence-electron chi connectivity index (χ3n) is 6.59. The molecule has 1 heterocycles. The molecule has 4 amide bonds. The van der Waals surface area contributed by atoms with Gasteiger partial charge < -0.3 is 15.2 Å². The number of carboxylic acids is 1. The quantitative estimate of drug-likeness (QED) is 0.429.